The quantitative estimate of drug-likeness (QED) is 0.662. The number of carbonyl (C=O) groups excluding carboxylic acids is 2. The summed E-state index contributed by atoms with van der Waals surface area (Å²) < 4.78 is 22.0. The normalized spacial score (nSPS) is 19.6. The summed E-state index contributed by atoms with van der Waals surface area (Å²) in [5, 5.41) is 2.33. The van der Waals surface area contributed by atoms with E-state index in [2.05, 4.69) is 17.2 Å². The Bertz CT molecular complexity index is 436. The highest BCUT2D eigenvalue weighted by Gasteiger charge is 2.21. The molecule has 1 saturated heterocycles. The lowest BCUT2D eigenvalue weighted by Gasteiger charge is -2.07. The van der Waals surface area contributed by atoms with Gasteiger partial charge in [-0.25, -0.2) is 0 Å². The molecule has 114 valence electrons. The van der Waals surface area contributed by atoms with Crippen molar-refractivity contribution >= 4 is 17.8 Å². The van der Waals surface area contributed by atoms with Gasteiger partial charge in [-0.1, -0.05) is 51.9 Å². The van der Waals surface area contributed by atoms with Crippen LogP contribution in [0.3, 0.4) is 0 Å². The summed E-state index contributed by atoms with van der Waals surface area (Å²) in [6.07, 6.45) is 9.31. The van der Waals surface area contributed by atoms with E-state index in [0.717, 1.165) is 24.2 Å². The molecule has 0 saturated carbocycles. The van der Waals surface area contributed by atoms with Gasteiger partial charge in [0.1, 0.15) is 0 Å². The fourth-order valence-corrected chi connectivity index (χ4v) is 2.12. The Balaban J connectivity index is 2.28. The Labute approximate surface area is 126 Å². The van der Waals surface area contributed by atoms with Crippen molar-refractivity contribution in [2.45, 2.75) is 64.7 Å². The molecule has 0 atom stereocenters. The molecule has 1 heterocycles. The van der Waals surface area contributed by atoms with Crippen molar-refractivity contribution < 1.29 is 13.7 Å². The van der Waals surface area contributed by atoms with Gasteiger partial charge in [0.25, 0.3) is 0 Å². The van der Waals surface area contributed by atoms with Crippen LogP contribution >= 0.6 is 0 Å². The highest BCUT2D eigenvalue weighted by atomic mass is 16.2. The highest BCUT2D eigenvalue weighted by Crippen LogP contribution is 2.10. The number of hydrogen-bond donors (Lipinski definition) is 1. The summed E-state index contributed by atoms with van der Waals surface area (Å²) in [4.78, 5) is 27.7. The van der Waals surface area contributed by atoms with Crippen molar-refractivity contribution in [2.24, 2.45) is 4.99 Å². The van der Waals surface area contributed by atoms with Gasteiger partial charge in [-0.3, -0.25) is 14.9 Å². The van der Waals surface area contributed by atoms with E-state index in [1.807, 2.05) is 0 Å². The first kappa shape index (κ1) is 12.4. The van der Waals surface area contributed by atoms with Crippen LogP contribution in [-0.2, 0) is 9.59 Å². The van der Waals surface area contributed by atoms with Crippen LogP contribution in [0.1, 0.15) is 68.8 Å². The van der Waals surface area contributed by atoms with E-state index in [-0.39, 0.29) is 24.8 Å². The van der Waals surface area contributed by atoms with Crippen LogP contribution in [0.2, 0.25) is 0 Å². The summed E-state index contributed by atoms with van der Waals surface area (Å²) >= 11 is 0. The second-order valence-electron chi connectivity index (χ2n) is 5.19. The molecule has 0 unspecified atom stereocenters. The standard InChI is InChI=1S/C15H27N3O2/c1-3-4-5-6-7-8-9-10-11-13(19)16-15-17-14(20)12-18(15)2/h3-12H2,1-2H3,(H,16,17,19,20)/i2D3. The molecule has 0 spiro atoms. The van der Waals surface area contributed by atoms with Gasteiger partial charge < -0.3 is 4.90 Å². The van der Waals surface area contributed by atoms with E-state index in [1.54, 1.807) is 0 Å². The van der Waals surface area contributed by atoms with Gasteiger partial charge >= 0.3 is 0 Å². The Kier molecular flexibility index (Phi) is 5.87. The zero-order chi connectivity index (χ0) is 17.3. The second-order valence-corrected chi connectivity index (χ2v) is 5.19. The van der Waals surface area contributed by atoms with E-state index in [0.29, 0.717) is 0 Å². The van der Waals surface area contributed by atoms with Crippen molar-refractivity contribution in [1.82, 2.24) is 10.2 Å². The first-order valence-electron chi connectivity index (χ1n) is 9.03. The van der Waals surface area contributed by atoms with Crippen molar-refractivity contribution in [1.29, 1.82) is 0 Å². The van der Waals surface area contributed by atoms with Gasteiger partial charge in [-0.05, 0) is 6.42 Å². The van der Waals surface area contributed by atoms with Gasteiger partial charge in [-0.2, -0.15) is 4.99 Å². The zero-order valence-electron chi connectivity index (χ0n) is 15.3. The molecule has 1 fully saturated rings. The van der Waals surface area contributed by atoms with Gasteiger partial charge in [0, 0.05) is 17.5 Å². The summed E-state index contributed by atoms with van der Waals surface area (Å²) in [5.74, 6) is -0.998. The van der Waals surface area contributed by atoms with Gasteiger partial charge in [-0.15, -0.1) is 0 Å². The van der Waals surface area contributed by atoms with E-state index in [9.17, 15) is 9.59 Å². The smallest absolute Gasteiger partial charge is 0.248 e. The lowest BCUT2D eigenvalue weighted by atomic mass is 10.1. The van der Waals surface area contributed by atoms with Crippen LogP contribution in [0.25, 0.3) is 0 Å². The van der Waals surface area contributed by atoms with E-state index in [4.69, 9.17) is 4.11 Å². The largest absolute Gasteiger partial charge is 0.336 e. The minimum atomic E-state index is -2.48. The average molecular weight is 284 g/mol. The molecule has 0 radical (unpaired) electrons. The first-order valence-corrected chi connectivity index (χ1v) is 7.53. The van der Waals surface area contributed by atoms with E-state index < -0.39 is 12.9 Å². The summed E-state index contributed by atoms with van der Waals surface area (Å²) in [6, 6.07) is 0. The molecule has 0 bridgehead atoms. The predicted molar refractivity (Wildman–Crippen MR) is 80.4 cm³/mol. The number of nitrogens with one attached hydrogen (secondary N) is 1. The minimum Gasteiger partial charge on any atom is -0.336 e. The number of amides is 2. The van der Waals surface area contributed by atoms with E-state index in [1.165, 1.54) is 32.1 Å². The molecular weight excluding hydrogens is 254 g/mol. The maximum atomic E-state index is 11.8. The molecule has 5 nitrogen and oxygen atoms in total. The second kappa shape index (κ2) is 9.50. The zero-order valence-corrected chi connectivity index (χ0v) is 12.3. The predicted octanol–water partition coefficient (Wildman–Crippen LogP) is 2.46. The summed E-state index contributed by atoms with van der Waals surface area (Å²) in [6.45, 7) is -0.579. The third-order valence-electron chi connectivity index (χ3n) is 3.28. The SMILES string of the molecule is [2H]C([2H])([2H])N1CC(=O)NC1=NC(=O)CCCCCCCCCC. The summed E-state index contributed by atoms with van der Waals surface area (Å²) in [5.41, 5.74) is 0. The number of carbonyl (C=O) groups is 2. The Hall–Kier alpha value is -1.39. The monoisotopic (exact) mass is 284 g/mol. The van der Waals surface area contributed by atoms with Gasteiger partial charge in [0.15, 0.2) is 0 Å². The topological polar surface area (TPSA) is 61.8 Å². The molecule has 5 heteroatoms. The number of aliphatic imine (C=N–C) groups is 1. The molecule has 1 aliphatic heterocycles. The third-order valence-corrected chi connectivity index (χ3v) is 3.28. The van der Waals surface area contributed by atoms with Crippen molar-refractivity contribution in [3.63, 3.8) is 0 Å². The minimum absolute atomic E-state index is 0.153. The molecule has 1 aliphatic rings. The van der Waals surface area contributed by atoms with Crippen LogP contribution in [0.15, 0.2) is 4.99 Å². The van der Waals surface area contributed by atoms with Crippen LogP contribution in [-0.4, -0.2) is 36.2 Å². The van der Waals surface area contributed by atoms with Crippen LogP contribution < -0.4 is 5.32 Å². The lowest BCUT2D eigenvalue weighted by molar-refractivity contribution is -0.118. The highest BCUT2D eigenvalue weighted by molar-refractivity contribution is 6.07. The molecule has 1 N–H and O–H groups in total. The molecule has 20 heavy (non-hydrogen) atoms. The van der Waals surface area contributed by atoms with Crippen LogP contribution in [0, 0.1) is 0 Å². The maximum absolute atomic E-state index is 11.8. The van der Waals surface area contributed by atoms with Crippen LogP contribution in [0.5, 0.6) is 0 Å². The molecule has 2 amide bonds. The number of nitrogens with zero attached hydrogens (tertiary/aromatic N) is 2. The Morgan fingerprint density at radius 2 is 1.90 bits per heavy atom. The fraction of sp³-hybridized carbons (Fsp3) is 0.800. The number of rotatable bonds is 9. The molecule has 0 aromatic rings. The van der Waals surface area contributed by atoms with Crippen molar-refractivity contribution in [3.05, 3.63) is 0 Å². The maximum Gasteiger partial charge on any atom is 0.248 e. The lowest BCUT2D eigenvalue weighted by Crippen LogP contribution is -2.28. The Morgan fingerprint density at radius 3 is 2.55 bits per heavy atom. The Morgan fingerprint density at radius 1 is 1.25 bits per heavy atom. The van der Waals surface area contributed by atoms with E-state index >= 15 is 0 Å². The molecular formula is C15H27N3O2. The number of unbranched alkanes of at least 4 members (excludes halogenated alkanes) is 7. The molecule has 0 aromatic carbocycles. The molecule has 0 aliphatic carbocycles. The van der Waals surface area contributed by atoms with Gasteiger partial charge in [0.05, 0.1) is 6.54 Å². The van der Waals surface area contributed by atoms with Crippen LogP contribution in [0.4, 0.5) is 0 Å². The average Bonchev–Trinajstić information content (AvgIpc) is 2.82. The number of hydrogen-bond acceptors (Lipinski definition) is 2. The first-order chi connectivity index (χ1) is 10.8. The summed E-state index contributed by atoms with van der Waals surface area (Å²) in [7, 11) is 0. The number of guanidine groups is 1. The molecule has 0 aromatic heterocycles. The van der Waals surface area contributed by atoms with Crippen molar-refractivity contribution in [3.8, 4) is 0 Å². The molecule has 1 rings (SSSR count). The van der Waals surface area contributed by atoms with Gasteiger partial charge in [0.2, 0.25) is 17.8 Å². The number of likely N-dealkylation sites (N-methyl/N-ethyl adjacent to an activating group) is 1. The third kappa shape index (κ3) is 6.68. The fourth-order valence-electron chi connectivity index (χ4n) is 2.12. The van der Waals surface area contributed by atoms with Crippen molar-refractivity contribution in [2.75, 3.05) is 13.5 Å².